The molecule has 1 aliphatic heterocycles. The number of benzene rings is 1. The van der Waals surface area contributed by atoms with Gasteiger partial charge in [0.1, 0.15) is 0 Å². The number of hydrogen-bond donors (Lipinski definition) is 0. The number of rotatable bonds is 4. The molecule has 1 saturated heterocycles. The smallest absolute Gasteiger partial charge is 0.259 e. The topological polar surface area (TPSA) is 40.9 Å². The molecule has 6 heteroatoms. The number of thiazole rings is 1. The molecular formula is C20H24N4OS. The average Bonchev–Trinajstić information content (AvgIpc) is 3.00. The van der Waals surface area contributed by atoms with Crippen molar-refractivity contribution >= 4 is 16.3 Å². The zero-order valence-electron chi connectivity index (χ0n) is 15.3. The molecule has 136 valence electrons. The Kier molecular flexibility index (Phi) is 4.89. The highest BCUT2D eigenvalue weighted by Crippen LogP contribution is 2.15. The highest BCUT2D eigenvalue weighted by Gasteiger charge is 2.18. The van der Waals surface area contributed by atoms with Crippen molar-refractivity contribution in [1.29, 1.82) is 0 Å². The van der Waals surface area contributed by atoms with Crippen LogP contribution < -0.4 is 5.56 Å². The van der Waals surface area contributed by atoms with Crippen LogP contribution in [0.1, 0.15) is 22.5 Å². The third-order valence-corrected chi connectivity index (χ3v) is 6.08. The molecule has 3 aromatic rings. The minimum absolute atomic E-state index is 0.0296. The van der Waals surface area contributed by atoms with Gasteiger partial charge in [0.05, 0.1) is 5.69 Å². The van der Waals surface area contributed by atoms with Crippen molar-refractivity contribution in [3.8, 4) is 0 Å². The standard InChI is InChI=1S/C20H24N4OS/c1-15-5-3-4-6-17(15)12-22-7-9-23(10-8-22)13-18-11-19(25)24-16(2)14-26-20(24)21-18/h3-6,11,14H,7-10,12-13H2,1-2H3. The Morgan fingerprint density at radius 1 is 1.04 bits per heavy atom. The molecule has 5 nitrogen and oxygen atoms in total. The molecule has 0 amide bonds. The maximum Gasteiger partial charge on any atom is 0.259 e. The van der Waals surface area contributed by atoms with E-state index in [9.17, 15) is 4.79 Å². The van der Waals surface area contributed by atoms with Crippen molar-refractivity contribution < 1.29 is 0 Å². The minimum Gasteiger partial charge on any atom is -0.297 e. The molecule has 0 saturated carbocycles. The summed E-state index contributed by atoms with van der Waals surface area (Å²) in [5.74, 6) is 0. The molecule has 0 N–H and O–H groups in total. The molecule has 0 spiro atoms. The molecule has 2 aromatic heterocycles. The molecule has 1 aliphatic rings. The molecule has 1 fully saturated rings. The van der Waals surface area contributed by atoms with E-state index in [-0.39, 0.29) is 5.56 Å². The van der Waals surface area contributed by atoms with E-state index in [1.807, 2.05) is 12.3 Å². The second kappa shape index (κ2) is 7.31. The Balaban J connectivity index is 1.38. The van der Waals surface area contributed by atoms with Crippen LogP contribution in [0.3, 0.4) is 0 Å². The summed E-state index contributed by atoms with van der Waals surface area (Å²) in [7, 11) is 0. The summed E-state index contributed by atoms with van der Waals surface area (Å²) in [6.07, 6.45) is 0. The van der Waals surface area contributed by atoms with E-state index in [1.165, 1.54) is 22.5 Å². The number of hydrogen-bond acceptors (Lipinski definition) is 5. The molecule has 1 aromatic carbocycles. The summed E-state index contributed by atoms with van der Waals surface area (Å²) < 4.78 is 1.69. The Hall–Kier alpha value is -2.02. The van der Waals surface area contributed by atoms with Crippen molar-refractivity contribution in [3.63, 3.8) is 0 Å². The van der Waals surface area contributed by atoms with Gasteiger partial charge in [0.15, 0.2) is 4.96 Å². The predicted molar refractivity (Wildman–Crippen MR) is 106 cm³/mol. The van der Waals surface area contributed by atoms with Gasteiger partial charge in [-0.05, 0) is 25.0 Å². The maximum absolute atomic E-state index is 12.3. The van der Waals surface area contributed by atoms with Crippen LogP contribution in [-0.2, 0) is 13.1 Å². The highest BCUT2D eigenvalue weighted by atomic mass is 32.1. The quantitative estimate of drug-likeness (QED) is 0.710. The van der Waals surface area contributed by atoms with Crippen LogP contribution in [0.15, 0.2) is 40.5 Å². The van der Waals surface area contributed by atoms with Gasteiger partial charge in [0.25, 0.3) is 5.56 Å². The average molecular weight is 369 g/mol. The fraction of sp³-hybridized carbons (Fsp3) is 0.400. The Labute approximate surface area is 157 Å². The zero-order valence-corrected chi connectivity index (χ0v) is 16.1. The second-order valence-corrected chi connectivity index (χ2v) is 7.90. The second-order valence-electron chi connectivity index (χ2n) is 7.06. The van der Waals surface area contributed by atoms with Crippen LogP contribution in [-0.4, -0.2) is 45.4 Å². The summed E-state index contributed by atoms with van der Waals surface area (Å²) >= 11 is 1.53. The lowest BCUT2D eigenvalue weighted by atomic mass is 10.1. The van der Waals surface area contributed by atoms with Gasteiger partial charge in [-0.15, -0.1) is 11.3 Å². The largest absolute Gasteiger partial charge is 0.297 e. The van der Waals surface area contributed by atoms with Crippen molar-refractivity contribution in [2.24, 2.45) is 0 Å². The van der Waals surface area contributed by atoms with Crippen LogP contribution in [0, 0.1) is 13.8 Å². The molecule has 3 heterocycles. The molecule has 26 heavy (non-hydrogen) atoms. The van der Waals surface area contributed by atoms with E-state index in [4.69, 9.17) is 0 Å². The van der Waals surface area contributed by atoms with Crippen molar-refractivity contribution in [1.82, 2.24) is 19.2 Å². The monoisotopic (exact) mass is 368 g/mol. The molecule has 0 radical (unpaired) electrons. The van der Waals surface area contributed by atoms with E-state index >= 15 is 0 Å². The zero-order chi connectivity index (χ0) is 18.1. The van der Waals surface area contributed by atoms with Crippen molar-refractivity contribution in [3.05, 3.63) is 68.6 Å². The van der Waals surface area contributed by atoms with Crippen molar-refractivity contribution in [2.75, 3.05) is 26.2 Å². The summed E-state index contributed by atoms with van der Waals surface area (Å²) in [6.45, 7) is 10.0. The van der Waals surface area contributed by atoms with E-state index < -0.39 is 0 Å². The van der Waals surface area contributed by atoms with Gasteiger partial charge in [-0.3, -0.25) is 19.0 Å². The van der Waals surface area contributed by atoms with Gasteiger partial charge in [-0.1, -0.05) is 24.3 Å². The van der Waals surface area contributed by atoms with Gasteiger partial charge in [-0.2, -0.15) is 0 Å². The lowest BCUT2D eigenvalue weighted by Gasteiger charge is -2.34. The van der Waals surface area contributed by atoms with Gasteiger partial charge >= 0.3 is 0 Å². The number of aromatic nitrogens is 2. The SMILES string of the molecule is Cc1ccccc1CN1CCN(Cc2cc(=O)n3c(C)csc3n2)CC1. The van der Waals surface area contributed by atoms with Crippen LogP contribution in [0.4, 0.5) is 0 Å². The molecule has 0 bridgehead atoms. The van der Waals surface area contributed by atoms with Crippen LogP contribution >= 0.6 is 11.3 Å². The Bertz CT molecular complexity index is 969. The molecule has 0 unspecified atom stereocenters. The first kappa shape index (κ1) is 17.4. The summed E-state index contributed by atoms with van der Waals surface area (Å²) in [6, 6.07) is 10.3. The maximum atomic E-state index is 12.3. The third kappa shape index (κ3) is 3.58. The highest BCUT2D eigenvalue weighted by molar-refractivity contribution is 7.15. The summed E-state index contributed by atoms with van der Waals surface area (Å²) in [5.41, 5.74) is 4.64. The minimum atomic E-state index is 0.0296. The number of aryl methyl sites for hydroxylation is 2. The summed E-state index contributed by atoms with van der Waals surface area (Å²) in [4.78, 5) is 22.7. The fourth-order valence-corrected chi connectivity index (χ4v) is 4.44. The van der Waals surface area contributed by atoms with E-state index in [2.05, 4.69) is 46.0 Å². The van der Waals surface area contributed by atoms with Gasteiger partial charge in [-0.25, -0.2) is 4.98 Å². The Morgan fingerprint density at radius 3 is 2.46 bits per heavy atom. The predicted octanol–water partition coefficient (Wildman–Crippen LogP) is 2.69. The molecule has 0 aliphatic carbocycles. The lowest BCUT2D eigenvalue weighted by Crippen LogP contribution is -2.45. The van der Waals surface area contributed by atoms with Crippen LogP contribution in [0.25, 0.3) is 4.96 Å². The normalized spacial score (nSPS) is 16.4. The van der Waals surface area contributed by atoms with Gasteiger partial charge < -0.3 is 0 Å². The Morgan fingerprint density at radius 2 is 1.73 bits per heavy atom. The lowest BCUT2D eigenvalue weighted by molar-refractivity contribution is 0.121. The van der Waals surface area contributed by atoms with E-state index in [0.717, 1.165) is 55.6 Å². The number of nitrogens with zero attached hydrogens (tertiary/aromatic N) is 4. The first-order chi connectivity index (χ1) is 12.6. The van der Waals surface area contributed by atoms with Crippen LogP contribution in [0.5, 0.6) is 0 Å². The van der Waals surface area contributed by atoms with Gasteiger partial charge in [0, 0.05) is 56.4 Å². The van der Waals surface area contributed by atoms with E-state index in [0.29, 0.717) is 0 Å². The van der Waals surface area contributed by atoms with E-state index in [1.54, 1.807) is 10.5 Å². The number of piperazine rings is 1. The fourth-order valence-electron chi connectivity index (χ4n) is 3.54. The number of fused-ring (bicyclic) bond motifs is 1. The summed E-state index contributed by atoms with van der Waals surface area (Å²) in [5, 5.41) is 1.98. The van der Waals surface area contributed by atoms with Crippen LogP contribution in [0.2, 0.25) is 0 Å². The molecular weight excluding hydrogens is 344 g/mol. The molecule has 4 rings (SSSR count). The first-order valence-corrected chi connectivity index (χ1v) is 9.94. The third-order valence-electron chi connectivity index (χ3n) is 5.13. The first-order valence-electron chi connectivity index (χ1n) is 9.06. The van der Waals surface area contributed by atoms with Crippen molar-refractivity contribution in [2.45, 2.75) is 26.9 Å². The molecule has 0 atom stereocenters. The van der Waals surface area contributed by atoms with Gasteiger partial charge in [0.2, 0.25) is 0 Å².